The SMILES string of the molecule is CCCCc1cc([SH2+])cc(CCCC)c1O.F[P-](F)(F)(F)(F)F. The number of unbranched alkanes of at least 4 members (excludes halogenated alkanes) is 2. The first kappa shape index (κ1) is 22.4. The third-order valence-corrected chi connectivity index (χ3v) is 3.16. The molecule has 0 aliphatic heterocycles. The number of hydrogen-bond donors (Lipinski definition) is 1. The van der Waals surface area contributed by atoms with Crippen LogP contribution < -0.4 is 0 Å². The first-order chi connectivity index (χ1) is 10.1. The summed E-state index contributed by atoms with van der Waals surface area (Å²) >= 11 is 3.57. The van der Waals surface area contributed by atoms with Gasteiger partial charge in [0.05, 0.1) is 0 Å². The zero-order chi connectivity index (χ0) is 18.4. The summed E-state index contributed by atoms with van der Waals surface area (Å²) in [6.07, 6.45) is 6.54. The molecule has 1 N–H and O–H groups in total. The Hall–Kier alpha value is -0.620. The molecule has 1 rings (SSSR count). The molecular weight excluding hydrogens is 361 g/mol. The molecule has 0 bridgehead atoms. The summed E-state index contributed by atoms with van der Waals surface area (Å²) in [5, 5.41) is 10.1. The predicted molar refractivity (Wildman–Crippen MR) is 87.3 cm³/mol. The number of aromatic hydroxyl groups is 1. The van der Waals surface area contributed by atoms with Crippen LogP contribution in [0.15, 0.2) is 17.0 Å². The third-order valence-electron chi connectivity index (χ3n) is 2.87. The van der Waals surface area contributed by atoms with Crippen molar-refractivity contribution in [2.24, 2.45) is 0 Å². The van der Waals surface area contributed by atoms with Crippen LogP contribution in [0.1, 0.15) is 50.7 Å². The van der Waals surface area contributed by atoms with Crippen molar-refractivity contribution in [3.63, 3.8) is 0 Å². The van der Waals surface area contributed by atoms with Crippen LogP contribution in [0.5, 0.6) is 5.75 Å². The average Bonchev–Trinajstić information content (AvgIpc) is 2.34. The molecule has 0 heterocycles. The van der Waals surface area contributed by atoms with Gasteiger partial charge < -0.3 is 5.11 Å². The second-order valence-corrected chi connectivity index (χ2v) is 7.80. The summed E-state index contributed by atoms with van der Waals surface area (Å²) in [6.45, 7) is 4.35. The van der Waals surface area contributed by atoms with Crippen molar-refractivity contribution in [1.29, 1.82) is 0 Å². The minimum absolute atomic E-state index is 0.518. The summed E-state index contributed by atoms with van der Waals surface area (Å²) in [4.78, 5) is 1.08. The van der Waals surface area contributed by atoms with Crippen LogP contribution in [-0.2, 0) is 25.5 Å². The maximum absolute atomic E-state index is 10.7. The van der Waals surface area contributed by atoms with E-state index in [1.807, 2.05) is 12.1 Å². The van der Waals surface area contributed by atoms with Crippen molar-refractivity contribution >= 4 is 20.4 Å². The number of benzene rings is 1. The van der Waals surface area contributed by atoms with E-state index in [9.17, 15) is 30.3 Å². The molecule has 0 radical (unpaired) electrons. The first-order valence-electron chi connectivity index (χ1n) is 7.26. The van der Waals surface area contributed by atoms with E-state index in [0.29, 0.717) is 5.75 Å². The van der Waals surface area contributed by atoms with E-state index in [1.165, 1.54) is 0 Å². The van der Waals surface area contributed by atoms with Crippen LogP contribution in [0, 0.1) is 0 Å². The number of rotatable bonds is 6. The van der Waals surface area contributed by atoms with E-state index in [2.05, 4.69) is 26.5 Å². The molecule has 0 atom stereocenters. The fraction of sp³-hybridized carbons (Fsp3) is 0.571. The van der Waals surface area contributed by atoms with Gasteiger partial charge in [-0.3, -0.25) is 0 Å². The molecule has 0 saturated carbocycles. The fourth-order valence-corrected chi connectivity index (χ4v) is 2.22. The molecule has 0 aliphatic carbocycles. The second-order valence-electron chi connectivity index (χ2n) is 5.31. The average molecular weight is 384 g/mol. The maximum atomic E-state index is 10.1. The Bertz CT molecular complexity index is 474. The van der Waals surface area contributed by atoms with Crippen molar-refractivity contribution in [3.8, 4) is 5.75 Å². The third kappa shape index (κ3) is 14.7. The first-order valence-corrected chi connectivity index (χ1v) is 9.79. The van der Waals surface area contributed by atoms with Gasteiger partial charge in [-0.1, -0.05) is 26.7 Å². The Morgan fingerprint density at radius 3 is 1.43 bits per heavy atom. The Morgan fingerprint density at radius 1 is 0.870 bits per heavy atom. The molecular formula is C14H23F6OPS. The Morgan fingerprint density at radius 2 is 1.17 bits per heavy atom. The Balaban J connectivity index is 0.000000585. The molecule has 23 heavy (non-hydrogen) atoms. The monoisotopic (exact) mass is 384 g/mol. The molecule has 1 aromatic carbocycles. The molecule has 138 valence electrons. The Labute approximate surface area is 137 Å². The van der Waals surface area contributed by atoms with Crippen LogP contribution in [0.4, 0.5) is 25.2 Å². The van der Waals surface area contributed by atoms with E-state index < -0.39 is 7.81 Å². The number of aryl methyl sites for hydroxylation is 2. The van der Waals surface area contributed by atoms with Gasteiger partial charge in [-0.25, -0.2) is 0 Å². The number of hydrogen-bond acceptors (Lipinski definition) is 1. The van der Waals surface area contributed by atoms with Gasteiger partial charge in [0, 0.05) is 0 Å². The molecule has 0 unspecified atom stereocenters. The van der Waals surface area contributed by atoms with E-state index >= 15 is 0 Å². The number of phenols is 1. The van der Waals surface area contributed by atoms with Crippen LogP contribution >= 0.6 is 7.81 Å². The van der Waals surface area contributed by atoms with E-state index in [-0.39, 0.29) is 0 Å². The van der Waals surface area contributed by atoms with Crippen molar-refractivity contribution < 1.29 is 30.3 Å². The predicted octanol–water partition coefficient (Wildman–Crippen LogP) is 6.83. The van der Waals surface area contributed by atoms with Gasteiger partial charge in [0.2, 0.25) is 0 Å². The van der Waals surface area contributed by atoms with Crippen LogP contribution in [0.3, 0.4) is 0 Å². The normalized spacial score (nSPS) is 14.5. The summed E-state index contributed by atoms with van der Waals surface area (Å²) in [7, 11) is -10.7. The molecule has 0 fully saturated rings. The topological polar surface area (TPSA) is 20.2 Å². The molecule has 0 spiro atoms. The second kappa shape index (κ2) is 7.51. The van der Waals surface area contributed by atoms with Crippen molar-refractivity contribution in [2.75, 3.05) is 0 Å². The van der Waals surface area contributed by atoms with Gasteiger partial charge in [-0.15, -0.1) is 0 Å². The van der Waals surface area contributed by atoms with Gasteiger partial charge >= 0.3 is 33.0 Å². The van der Waals surface area contributed by atoms with Crippen LogP contribution in [0.25, 0.3) is 0 Å². The van der Waals surface area contributed by atoms with Gasteiger partial charge in [-0.05, 0) is 61.6 Å². The van der Waals surface area contributed by atoms with Gasteiger partial charge in [0.1, 0.15) is 5.75 Å². The number of phenolic OH excluding ortho intramolecular Hbond substituents is 1. The zero-order valence-electron chi connectivity index (χ0n) is 13.1. The number of halogens is 6. The summed E-state index contributed by atoms with van der Waals surface area (Å²) in [5.74, 6) is 0.518. The van der Waals surface area contributed by atoms with Crippen LogP contribution in [-0.4, -0.2) is 5.11 Å². The van der Waals surface area contributed by atoms with Gasteiger partial charge in [0.25, 0.3) is 0 Å². The van der Waals surface area contributed by atoms with E-state index in [0.717, 1.165) is 54.5 Å². The molecule has 0 saturated heterocycles. The van der Waals surface area contributed by atoms with E-state index in [4.69, 9.17) is 0 Å². The van der Waals surface area contributed by atoms with Gasteiger partial charge in [-0.2, -0.15) is 0 Å². The molecule has 0 aromatic heterocycles. The van der Waals surface area contributed by atoms with E-state index in [1.54, 1.807) is 0 Å². The van der Waals surface area contributed by atoms with Crippen molar-refractivity contribution in [1.82, 2.24) is 0 Å². The molecule has 0 amide bonds. The fourth-order valence-electron chi connectivity index (χ4n) is 1.88. The van der Waals surface area contributed by atoms with Crippen molar-refractivity contribution in [3.05, 3.63) is 23.3 Å². The minimum atomic E-state index is -10.7. The summed E-state index contributed by atoms with van der Waals surface area (Å²) in [5.41, 5.74) is 2.17. The summed E-state index contributed by atoms with van der Waals surface area (Å²) < 4.78 is 59.2. The quantitative estimate of drug-likeness (QED) is 0.324. The Kier molecular flexibility index (Phi) is 7.31. The molecule has 1 nitrogen and oxygen atoms in total. The summed E-state index contributed by atoms with van der Waals surface area (Å²) in [6, 6.07) is 4.08. The molecule has 1 aromatic rings. The molecule has 9 heteroatoms. The zero-order valence-corrected chi connectivity index (χ0v) is 15.0. The standard InChI is InChI=1S/C14H22OS.F6P/c1-3-5-7-11-9-13(16)10-12(14(11)15)8-6-4-2;1-7(2,3,4,5)6/h9-10,15-16H,3-8H2,1-2H3;/q;-1/p+1. The van der Waals surface area contributed by atoms with Gasteiger partial charge in [0.15, 0.2) is 4.90 Å². The molecule has 0 aliphatic rings. The van der Waals surface area contributed by atoms with Crippen molar-refractivity contribution in [2.45, 2.75) is 57.3 Å². The van der Waals surface area contributed by atoms with Crippen LogP contribution in [0.2, 0.25) is 0 Å².